The van der Waals surface area contributed by atoms with Crippen LogP contribution in [0.3, 0.4) is 0 Å². The summed E-state index contributed by atoms with van der Waals surface area (Å²) in [5, 5.41) is 2.44. The highest BCUT2D eigenvalue weighted by Gasteiger charge is 2.05. The van der Waals surface area contributed by atoms with Gasteiger partial charge in [0.1, 0.15) is 7.85 Å². The molecule has 0 nitrogen and oxygen atoms in total. The Morgan fingerprint density at radius 3 is 2.39 bits per heavy atom. The van der Waals surface area contributed by atoms with Crippen LogP contribution in [0, 0.1) is 6.92 Å². The van der Waals surface area contributed by atoms with E-state index in [9.17, 15) is 0 Å². The minimum absolute atomic E-state index is 0.810. The molecule has 0 heterocycles. The van der Waals surface area contributed by atoms with Gasteiger partial charge in [0.25, 0.3) is 0 Å². The summed E-state index contributed by atoms with van der Waals surface area (Å²) >= 11 is 0. The molecule has 0 aliphatic heterocycles. The second-order valence-electron chi connectivity index (χ2n) is 4.60. The van der Waals surface area contributed by atoms with Crippen molar-refractivity contribution in [3.8, 4) is 11.1 Å². The van der Waals surface area contributed by atoms with Crippen molar-refractivity contribution >= 4 is 24.1 Å². The number of hydrogen-bond donors (Lipinski definition) is 0. The Balaban J connectivity index is 2.33. The van der Waals surface area contributed by atoms with E-state index in [1.807, 2.05) is 12.1 Å². The van der Waals surface area contributed by atoms with Gasteiger partial charge in [-0.1, -0.05) is 66.1 Å². The van der Waals surface area contributed by atoms with Crippen molar-refractivity contribution in [2.24, 2.45) is 0 Å². The number of aryl methyl sites for hydroxylation is 1. The third-order valence-electron chi connectivity index (χ3n) is 3.34. The van der Waals surface area contributed by atoms with E-state index in [-0.39, 0.29) is 0 Å². The molecule has 0 spiro atoms. The van der Waals surface area contributed by atoms with E-state index in [4.69, 9.17) is 7.85 Å². The van der Waals surface area contributed by atoms with Gasteiger partial charge in [-0.25, -0.2) is 0 Å². The van der Waals surface area contributed by atoms with Crippen LogP contribution in [-0.2, 0) is 0 Å². The maximum atomic E-state index is 5.84. The summed E-state index contributed by atoms with van der Waals surface area (Å²) in [7, 11) is 5.84. The Labute approximate surface area is 109 Å². The summed E-state index contributed by atoms with van der Waals surface area (Å²) in [6.07, 6.45) is 0. The van der Waals surface area contributed by atoms with Gasteiger partial charge in [-0.3, -0.25) is 0 Å². The first-order chi connectivity index (χ1) is 8.75. The molecule has 18 heavy (non-hydrogen) atoms. The molecule has 0 unspecified atom stereocenters. The van der Waals surface area contributed by atoms with E-state index in [0.29, 0.717) is 0 Å². The lowest BCUT2D eigenvalue weighted by molar-refractivity contribution is 1.47. The Morgan fingerprint density at radius 1 is 0.778 bits per heavy atom. The lowest BCUT2D eigenvalue weighted by Crippen LogP contribution is -2.00. The lowest BCUT2D eigenvalue weighted by Gasteiger charge is -2.10. The summed E-state index contributed by atoms with van der Waals surface area (Å²) in [5.74, 6) is 0. The van der Waals surface area contributed by atoms with Gasteiger partial charge in [-0.15, -0.1) is 0 Å². The van der Waals surface area contributed by atoms with Crippen LogP contribution in [0.15, 0.2) is 60.7 Å². The fourth-order valence-electron chi connectivity index (χ4n) is 2.41. The fraction of sp³-hybridized carbons (Fsp3) is 0.0588. The quantitative estimate of drug-likeness (QED) is 0.558. The van der Waals surface area contributed by atoms with Crippen molar-refractivity contribution in [1.29, 1.82) is 0 Å². The summed E-state index contributed by atoms with van der Waals surface area (Å²) in [4.78, 5) is 0. The van der Waals surface area contributed by atoms with E-state index in [2.05, 4.69) is 55.5 Å². The SMILES string of the molecule is [B]c1ccc2c(-c3ccccc3C)cccc2c1. The smallest absolute Gasteiger partial charge is 0.0960 e. The molecular weight excluding hydrogens is 215 g/mol. The largest absolute Gasteiger partial charge is 0.113 e. The topological polar surface area (TPSA) is 0 Å². The van der Waals surface area contributed by atoms with E-state index in [1.165, 1.54) is 27.5 Å². The molecule has 0 fully saturated rings. The number of benzene rings is 3. The van der Waals surface area contributed by atoms with E-state index >= 15 is 0 Å². The molecule has 0 saturated heterocycles. The molecule has 0 aliphatic rings. The van der Waals surface area contributed by atoms with Crippen molar-refractivity contribution in [3.63, 3.8) is 0 Å². The minimum Gasteiger partial charge on any atom is -0.0960 e. The van der Waals surface area contributed by atoms with Crippen LogP contribution in [-0.4, -0.2) is 7.85 Å². The Hall–Kier alpha value is -2.02. The summed E-state index contributed by atoms with van der Waals surface area (Å²) < 4.78 is 0. The molecule has 0 aromatic heterocycles. The van der Waals surface area contributed by atoms with Crippen molar-refractivity contribution in [2.75, 3.05) is 0 Å². The molecule has 0 N–H and O–H groups in total. The van der Waals surface area contributed by atoms with Crippen molar-refractivity contribution in [3.05, 3.63) is 66.2 Å². The average molecular weight is 228 g/mol. The van der Waals surface area contributed by atoms with Gasteiger partial charge in [-0.05, 0) is 34.4 Å². The van der Waals surface area contributed by atoms with Crippen molar-refractivity contribution in [1.82, 2.24) is 0 Å². The molecule has 3 aromatic rings. The molecule has 84 valence electrons. The van der Waals surface area contributed by atoms with Crippen molar-refractivity contribution < 1.29 is 0 Å². The van der Waals surface area contributed by atoms with Gasteiger partial charge in [-0.2, -0.15) is 0 Å². The van der Waals surface area contributed by atoms with Gasteiger partial charge in [0.2, 0.25) is 0 Å². The van der Waals surface area contributed by atoms with Gasteiger partial charge >= 0.3 is 0 Å². The van der Waals surface area contributed by atoms with E-state index < -0.39 is 0 Å². The molecule has 3 rings (SSSR count). The number of hydrogen-bond acceptors (Lipinski definition) is 0. The first-order valence-electron chi connectivity index (χ1n) is 6.10. The predicted octanol–water partition coefficient (Wildman–Crippen LogP) is 3.61. The van der Waals surface area contributed by atoms with Crippen LogP contribution < -0.4 is 5.46 Å². The van der Waals surface area contributed by atoms with Crippen LogP contribution >= 0.6 is 0 Å². The first kappa shape index (κ1) is 11.1. The van der Waals surface area contributed by atoms with Crippen LogP contribution in [0.25, 0.3) is 21.9 Å². The van der Waals surface area contributed by atoms with Gasteiger partial charge in [0, 0.05) is 0 Å². The zero-order valence-electron chi connectivity index (χ0n) is 10.4. The van der Waals surface area contributed by atoms with Crippen LogP contribution in [0.1, 0.15) is 5.56 Å². The third kappa shape index (κ3) is 1.82. The van der Waals surface area contributed by atoms with Gasteiger partial charge in [0.05, 0.1) is 0 Å². The molecule has 2 radical (unpaired) electrons. The highest BCUT2D eigenvalue weighted by molar-refractivity contribution is 6.33. The Kier molecular flexibility index (Phi) is 2.68. The van der Waals surface area contributed by atoms with Gasteiger partial charge < -0.3 is 0 Å². The zero-order valence-corrected chi connectivity index (χ0v) is 10.4. The van der Waals surface area contributed by atoms with Crippen LogP contribution in [0.4, 0.5) is 0 Å². The summed E-state index contributed by atoms with van der Waals surface area (Å²) in [5.41, 5.74) is 4.66. The monoisotopic (exact) mass is 228 g/mol. The molecule has 1 heteroatoms. The first-order valence-corrected chi connectivity index (χ1v) is 6.10. The molecule has 0 saturated carbocycles. The zero-order chi connectivity index (χ0) is 12.5. The highest BCUT2D eigenvalue weighted by atomic mass is 14.1. The molecule has 0 aliphatic carbocycles. The molecule has 0 atom stereocenters. The summed E-state index contributed by atoms with van der Waals surface area (Å²) in [6, 6.07) is 20.9. The lowest BCUT2D eigenvalue weighted by atomic mass is 9.90. The molecular formula is C17H13B. The van der Waals surface area contributed by atoms with Crippen LogP contribution in [0.2, 0.25) is 0 Å². The maximum Gasteiger partial charge on any atom is 0.113 e. The van der Waals surface area contributed by atoms with Crippen LogP contribution in [0.5, 0.6) is 0 Å². The second kappa shape index (κ2) is 4.34. The third-order valence-corrected chi connectivity index (χ3v) is 3.34. The predicted molar refractivity (Wildman–Crippen MR) is 79.5 cm³/mol. The van der Waals surface area contributed by atoms with E-state index in [1.54, 1.807) is 0 Å². The highest BCUT2D eigenvalue weighted by Crippen LogP contribution is 2.30. The second-order valence-corrected chi connectivity index (χ2v) is 4.60. The minimum atomic E-state index is 0.810. The maximum absolute atomic E-state index is 5.84. The fourth-order valence-corrected chi connectivity index (χ4v) is 2.41. The van der Waals surface area contributed by atoms with Crippen molar-refractivity contribution in [2.45, 2.75) is 6.92 Å². The van der Waals surface area contributed by atoms with E-state index in [0.717, 1.165) is 5.46 Å². The molecule has 3 aromatic carbocycles. The Morgan fingerprint density at radius 2 is 1.56 bits per heavy atom. The Bertz CT molecular complexity index is 714. The molecule has 0 bridgehead atoms. The molecule has 0 amide bonds. The van der Waals surface area contributed by atoms with Gasteiger partial charge in [0.15, 0.2) is 0 Å². The number of fused-ring (bicyclic) bond motifs is 1. The standard InChI is InChI=1S/C17H13B/c1-12-5-2-3-7-15(12)17-8-4-6-13-11-14(18)9-10-16(13)17/h2-11H,1H3. The summed E-state index contributed by atoms with van der Waals surface area (Å²) in [6.45, 7) is 2.14. The normalized spacial score (nSPS) is 10.7. The number of rotatable bonds is 1. The average Bonchev–Trinajstić information content (AvgIpc) is 2.38.